The molecule has 86 valence electrons. The smallest absolute Gasteiger partial charge is 0.245 e. The van der Waals surface area contributed by atoms with Crippen LogP contribution in [0.15, 0.2) is 48.8 Å². The van der Waals surface area contributed by atoms with Crippen LogP contribution in [0.25, 0.3) is 0 Å². The molecule has 0 unspecified atom stereocenters. The molecule has 0 saturated carbocycles. The molecule has 2 N–H and O–H groups in total. The van der Waals surface area contributed by atoms with E-state index in [-0.39, 0.29) is 0 Å². The Morgan fingerprint density at radius 1 is 1.06 bits per heavy atom. The number of nitrogens with two attached hydrogens (primary N) is 1. The van der Waals surface area contributed by atoms with Gasteiger partial charge in [0, 0.05) is 12.4 Å². The molecule has 0 fully saturated rings. The number of pyridine rings is 2. The zero-order valence-corrected chi connectivity index (χ0v) is 9.84. The van der Waals surface area contributed by atoms with Crippen LogP contribution in [0.2, 0.25) is 0 Å². The van der Waals surface area contributed by atoms with Gasteiger partial charge in [0.15, 0.2) is 4.75 Å². The van der Waals surface area contributed by atoms with Gasteiger partial charge in [0.25, 0.3) is 0 Å². The van der Waals surface area contributed by atoms with Crippen LogP contribution < -0.4 is 5.73 Å². The van der Waals surface area contributed by atoms with E-state index in [9.17, 15) is 4.79 Å². The Balaban J connectivity index is 2.59. The fourth-order valence-electron chi connectivity index (χ4n) is 1.54. The van der Waals surface area contributed by atoms with Crippen LogP contribution in [0.1, 0.15) is 11.4 Å². The van der Waals surface area contributed by atoms with Gasteiger partial charge in [-0.3, -0.25) is 14.8 Å². The van der Waals surface area contributed by atoms with Crippen molar-refractivity contribution < 1.29 is 4.79 Å². The summed E-state index contributed by atoms with van der Waals surface area (Å²) in [5.74, 6) is -0.599. The number of aromatic nitrogens is 2. The lowest BCUT2D eigenvalue weighted by molar-refractivity contribution is -0.119. The van der Waals surface area contributed by atoms with Gasteiger partial charge >= 0.3 is 0 Å². The number of rotatable bonds is 3. The van der Waals surface area contributed by atoms with E-state index in [4.69, 9.17) is 5.73 Å². The molecule has 0 aliphatic rings. The Morgan fingerprint density at radius 2 is 1.53 bits per heavy atom. The van der Waals surface area contributed by atoms with E-state index < -0.39 is 10.7 Å². The lowest BCUT2D eigenvalue weighted by Gasteiger charge is -2.23. The van der Waals surface area contributed by atoms with Crippen LogP contribution in [0.5, 0.6) is 0 Å². The number of primary amides is 1. The Labute approximate surface area is 104 Å². The third-order valence-electron chi connectivity index (χ3n) is 2.43. The van der Waals surface area contributed by atoms with Crippen molar-refractivity contribution in [3.05, 3.63) is 60.2 Å². The first kappa shape index (κ1) is 11.6. The molecule has 1 amide bonds. The molecule has 0 aliphatic carbocycles. The number of hydrogen-bond acceptors (Lipinski definition) is 4. The zero-order chi connectivity index (χ0) is 12.3. The topological polar surface area (TPSA) is 68.9 Å². The van der Waals surface area contributed by atoms with Gasteiger partial charge in [-0.2, -0.15) is 0 Å². The van der Waals surface area contributed by atoms with Crippen LogP contribution in [-0.2, 0) is 9.54 Å². The molecule has 0 radical (unpaired) electrons. The summed E-state index contributed by atoms with van der Waals surface area (Å²) < 4.78 is -1.30. The number of nitrogens with zero attached hydrogens (tertiary/aromatic N) is 2. The maximum absolute atomic E-state index is 11.7. The van der Waals surface area contributed by atoms with Crippen molar-refractivity contribution in [1.82, 2.24) is 9.97 Å². The summed E-state index contributed by atoms with van der Waals surface area (Å²) in [6.45, 7) is 0. The van der Waals surface area contributed by atoms with Gasteiger partial charge in [0.05, 0.1) is 11.4 Å². The normalized spacial score (nSPS) is 11.1. The molecule has 0 atom stereocenters. The highest BCUT2D eigenvalue weighted by Gasteiger charge is 2.39. The summed E-state index contributed by atoms with van der Waals surface area (Å²) in [5, 5.41) is 0. The fraction of sp³-hybridized carbons (Fsp3) is 0.0833. The van der Waals surface area contributed by atoms with Crippen molar-refractivity contribution in [2.45, 2.75) is 4.75 Å². The third kappa shape index (κ3) is 2.01. The SMILES string of the molecule is NC(=O)C(S)(c1ccccn1)c1ccccn1. The molecule has 5 heteroatoms. The molecular weight excluding hydrogens is 234 g/mol. The maximum Gasteiger partial charge on any atom is 0.245 e. The van der Waals surface area contributed by atoms with Crippen molar-refractivity contribution >= 4 is 18.5 Å². The molecule has 2 aromatic heterocycles. The molecular formula is C12H11N3OS. The van der Waals surface area contributed by atoms with E-state index in [1.54, 1.807) is 48.8 Å². The summed E-state index contributed by atoms with van der Waals surface area (Å²) in [5.41, 5.74) is 6.37. The average molecular weight is 245 g/mol. The lowest BCUT2D eigenvalue weighted by Crippen LogP contribution is -2.38. The van der Waals surface area contributed by atoms with Crippen molar-refractivity contribution in [3.8, 4) is 0 Å². The van der Waals surface area contributed by atoms with Gasteiger partial charge in [-0.1, -0.05) is 12.1 Å². The van der Waals surface area contributed by atoms with Crippen LogP contribution in [0.4, 0.5) is 0 Å². The van der Waals surface area contributed by atoms with Crippen LogP contribution in [-0.4, -0.2) is 15.9 Å². The molecule has 0 bridgehead atoms. The van der Waals surface area contributed by atoms with E-state index in [1.165, 1.54) is 0 Å². The monoisotopic (exact) mass is 245 g/mol. The van der Waals surface area contributed by atoms with Gasteiger partial charge in [-0.25, -0.2) is 0 Å². The number of thiol groups is 1. The minimum Gasteiger partial charge on any atom is -0.368 e. The number of carbonyl (C=O) groups excluding carboxylic acids is 1. The van der Waals surface area contributed by atoms with Crippen LogP contribution in [0, 0.1) is 0 Å². The predicted octanol–water partition coefficient (Wildman–Crippen LogP) is 1.14. The fourth-order valence-corrected chi connectivity index (χ4v) is 1.80. The first-order chi connectivity index (χ1) is 8.15. The summed E-state index contributed by atoms with van der Waals surface area (Å²) in [6.07, 6.45) is 3.18. The summed E-state index contributed by atoms with van der Waals surface area (Å²) in [7, 11) is 0. The Hall–Kier alpha value is -1.88. The molecule has 4 nitrogen and oxygen atoms in total. The Bertz CT molecular complexity index is 476. The summed E-state index contributed by atoms with van der Waals surface area (Å²) >= 11 is 4.39. The average Bonchev–Trinajstić information content (AvgIpc) is 2.39. The largest absolute Gasteiger partial charge is 0.368 e. The first-order valence-electron chi connectivity index (χ1n) is 5.01. The van der Waals surface area contributed by atoms with Gasteiger partial charge in [-0.05, 0) is 24.3 Å². The highest BCUT2D eigenvalue weighted by atomic mass is 32.1. The zero-order valence-electron chi connectivity index (χ0n) is 8.95. The van der Waals surface area contributed by atoms with E-state index in [0.29, 0.717) is 11.4 Å². The standard InChI is InChI=1S/C12H11N3OS/c13-11(16)12(17,9-5-1-3-7-14-9)10-6-2-4-8-15-10/h1-8,17H,(H2,13,16). The Kier molecular flexibility index (Phi) is 3.10. The minimum atomic E-state index is -1.30. The maximum atomic E-state index is 11.7. The highest BCUT2D eigenvalue weighted by Crippen LogP contribution is 2.33. The van der Waals surface area contributed by atoms with Crippen LogP contribution in [0.3, 0.4) is 0 Å². The molecule has 0 aromatic carbocycles. The van der Waals surface area contributed by atoms with E-state index in [2.05, 4.69) is 22.6 Å². The second-order valence-corrected chi connectivity index (χ2v) is 4.18. The van der Waals surface area contributed by atoms with Gasteiger partial charge < -0.3 is 5.73 Å². The summed E-state index contributed by atoms with van der Waals surface area (Å²) in [4.78, 5) is 20.0. The second-order valence-electron chi connectivity index (χ2n) is 3.50. The van der Waals surface area contributed by atoms with Gasteiger partial charge in [0.2, 0.25) is 5.91 Å². The van der Waals surface area contributed by atoms with Gasteiger partial charge in [0.1, 0.15) is 0 Å². The molecule has 2 rings (SSSR count). The van der Waals surface area contributed by atoms with Crippen molar-refractivity contribution in [2.24, 2.45) is 5.73 Å². The predicted molar refractivity (Wildman–Crippen MR) is 67.4 cm³/mol. The van der Waals surface area contributed by atoms with E-state index in [0.717, 1.165) is 0 Å². The number of carbonyl (C=O) groups is 1. The van der Waals surface area contributed by atoms with Crippen molar-refractivity contribution in [1.29, 1.82) is 0 Å². The van der Waals surface area contributed by atoms with E-state index in [1.807, 2.05) is 0 Å². The quantitative estimate of drug-likeness (QED) is 0.797. The van der Waals surface area contributed by atoms with Gasteiger partial charge in [-0.15, -0.1) is 12.6 Å². The molecule has 0 saturated heterocycles. The molecule has 0 aliphatic heterocycles. The minimum absolute atomic E-state index is 0.467. The summed E-state index contributed by atoms with van der Waals surface area (Å²) in [6, 6.07) is 10.5. The second kappa shape index (κ2) is 4.55. The molecule has 2 heterocycles. The third-order valence-corrected chi connectivity index (χ3v) is 3.11. The Morgan fingerprint density at radius 3 is 1.82 bits per heavy atom. The first-order valence-corrected chi connectivity index (χ1v) is 5.45. The molecule has 2 aromatic rings. The van der Waals surface area contributed by atoms with Crippen molar-refractivity contribution in [3.63, 3.8) is 0 Å². The molecule has 17 heavy (non-hydrogen) atoms. The van der Waals surface area contributed by atoms with Crippen LogP contribution >= 0.6 is 12.6 Å². The number of hydrogen-bond donors (Lipinski definition) is 2. The van der Waals surface area contributed by atoms with Crippen molar-refractivity contribution in [2.75, 3.05) is 0 Å². The lowest BCUT2D eigenvalue weighted by atomic mass is 9.98. The van der Waals surface area contributed by atoms with E-state index >= 15 is 0 Å². The number of amides is 1. The molecule has 0 spiro atoms. The highest BCUT2D eigenvalue weighted by molar-refractivity contribution is 7.82.